The molecule has 0 bridgehead atoms. The van der Waals surface area contributed by atoms with Gasteiger partial charge in [-0.25, -0.2) is 13.1 Å². The van der Waals surface area contributed by atoms with Gasteiger partial charge in [0.25, 0.3) is 5.91 Å². The molecule has 10 nitrogen and oxygen atoms in total. The zero-order valence-corrected chi connectivity index (χ0v) is 20.4. The zero-order valence-electron chi connectivity index (χ0n) is 19.6. The molecule has 11 heteroatoms. The Morgan fingerprint density at radius 1 is 1.11 bits per heavy atom. The van der Waals surface area contributed by atoms with Crippen molar-refractivity contribution in [3.63, 3.8) is 0 Å². The lowest BCUT2D eigenvalue weighted by atomic mass is 10.0. The molecule has 5 N–H and O–H groups in total. The molecule has 0 saturated carbocycles. The van der Waals surface area contributed by atoms with E-state index in [1.165, 1.54) is 17.7 Å². The van der Waals surface area contributed by atoms with E-state index in [0.717, 1.165) is 30.1 Å². The van der Waals surface area contributed by atoms with E-state index in [9.17, 15) is 23.4 Å². The summed E-state index contributed by atoms with van der Waals surface area (Å²) in [6.07, 6.45) is 2.23. The highest BCUT2D eigenvalue weighted by Gasteiger charge is 2.24. The first kappa shape index (κ1) is 26.2. The summed E-state index contributed by atoms with van der Waals surface area (Å²) >= 11 is 0. The van der Waals surface area contributed by atoms with Crippen LogP contribution in [0.1, 0.15) is 34.1 Å². The number of phenols is 1. The van der Waals surface area contributed by atoms with Gasteiger partial charge < -0.3 is 25.3 Å². The van der Waals surface area contributed by atoms with Crippen molar-refractivity contribution in [2.24, 2.45) is 0 Å². The maximum Gasteiger partial charge on any atom is 0.309 e. The number of rotatable bonds is 12. The van der Waals surface area contributed by atoms with E-state index >= 15 is 0 Å². The number of nitrogens with zero attached hydrogens (tertiary/aromatic N) is 1. The first-order valence-corrected chi connectivity index (χ1v) is 13.0. The number of hydrogen-bond acceptors (Lipinski definition) is 8. The summed E-state index contributed by atoms with van der Waals surface area (Å²) in [7, 11) is -3.61. The van der Waals surface area contributed by atoms with Crippen LogP contribution < -0.4 is 15.4 Å². The van der Waals surface area contributed by atoms with Gasteiger partial charge in [0, 0.05) is 13.1 Å². The van der Waals surface area contributed by atoms with Crippen molar-refractivity contribution >= 4 is 21.9 Å². The van der Waals surface area contributed by atoms with Gasteiger partial charge in [0.05, 0.1) is 18.4 Å². The van der Waals surface area contributed by atoms with E-state index in [-0.39, 0.29) is 30.4 Å². The molecule has 0 unspecified atom stereocenters. The van der Waals surface area contributed by atoms with Crippen LogP contribution in [0.4, 0.5) is 6.01 Å². The Morgan fingerprint density at radius 2 is 1.83 bits per heavy atom. The van der Waals surface area contributed by atoms with Crippen LogP contribution in [0.15, 0.2) is 59.2 Å². The molecule has 3 rings (SSSR count). The van der Waals surface area contributed by atoms with Gasteiger partial charge in [-0.05, 0) is 41.7 Å². The van der Waals surface area contributed by atoms with Gasteiger partial charge in [-0.15, -0.1) is 0 Å². The molecule has 0 radical (unpaired) electrons. The highest BCUT2D eigenvalue weighted by molar-refractivity contribution is 7.91. The number of aryl methyl sites for hydroxylation is 1. The average Bonchev–Trinajstić information content (AvgIpc) is 3.27. The zero-order chi connectivity index (χ0) is 25.4. The predicted molar refractivity (Wildman–Crippen MR) is 132 cm³/mol. The number of aromatic nitrogens is 1. The number of oxazole rings is 1. The second kappa shape index (κ2) is 11.8. The Kier molecular flexibility index (Phi) is 8.85. The number of phenolic OH excluding ortho intramolecular Hbond substituents is 1. The average molecular weight is 503 g/mol. The summed E-state index contributed by atoms with van der Waals surface area (Å²) in [6, 6.07) is 13.6. The second-order valence-corrected chi connectivity index (χ2v) is 9.98. The summed E-state index contributed by atoms with van der Waals surface area (Å²) in [4.78, 5) is 16.6. The Bertz CT molecular complexity index is 1230. The lowest BCUT2D eigenvalue weighted by Gasteiger charge is -2.24. The number of benzene rings is 2. The SMILES string of the molecule is CCc1cccc(CNC[C@@H](O)[C@H](Cc2ccc(O)cc2)NC(=O)c2coc(NS(C)(=O)=O)n2)c1. The highest BCUT2D eigenvalue weighted by atomic mass is 32.2. The number of aliphatic hydroxyl groups is 1. The molecular formula is C24H30N4O6S. The molecule has 0 aliphatic carbocycles. The molecule has 0 aliphatic rings. The van der Waals surface area contributed by atoms with E-state index in [2.05, 4.69) is 39.4 Å². The van der Waals surface area contributed by atoms with Gasteiger partial charge in [-0.1, -0.05) is 43.3 Å². The number of carbonyl (C=O) groups excluding carboxylic acids is 1. The number of sulfonamides is 1. The molecule has 1 amide bonds. The smallest absolute Gasteiger partial charge is 0.309 e. The summed E-state index contributed by atoms with van der Waals surface area (Å²) in [5.74, 6) is -0.520. The molecule has 2 aromatic carbocycles. The maximum absolute atomic E-state index is 12.8. The Morgan fingerprint density at radius 3 is 2.51 bits per heavy atom. The first-order chi connectivity index (χ1) is 16.6. The minimum absolute atomic E-state index is 0.111. The normalized spacial score (nSPS) is 13.2. The number of anilines is 1. The number of amides is 1. The molecule has 2 atom stereocenters. The Balaban J connectivity index is 1.67. The number of hydrogen-bond donors (Lipinski definition) is 5. The van der Waals surface area contributed by atoms with Crippen LogP contribution >= 0.6 is 0 Å². The predicted octanol–water partition coefficient (Wildman–Crippen LogP) is 1.81. The quantitative estimate of drug-likeness (QED) is 0.251. The maximum atomic E-state index is 12.8. The van der Waals surface area contributed by atoms with Crippen molar-refractivity contribution in [3.05, 3.63) is 77.2 Å². The Hall–Kier alpha value is -3.41. The third-order valence-electron chi connectivity index (χ3n) is 5.26. The number of carbonyl (C=O) groups is 1. The third kappa shape index (κ3) is 8.39. The molecule has 35 heavy (non-hydrogen) atoms. The number of aromatic hydroxyl groups is 1. The van der Waals surface area contributed by atoms with Crippen molar-refractivity contribution in [2.75, 3.05) is 17.5 Å². The number of aliphatic hydroxyl groups excluding tert-OH is 1. The summed E-state index contributed by atoms with van der Waals surface area (Å²) in [6.45, 7) is 2.84. The van der Waals surface area contributed by atoms with Gasteiger partial charge >= 0.3 is 6.01 Å². The van der Waals surface area contributed by atoms with Crippen LogP contribution in [0.25, 0.3) is 0 Å². The van der Waals surface area contributed by atoms with E-state index in [1.54, 1.807) is 12.1 Å². The van der Waals surface area contributed by atoms with Gasteiger partial charge in [0.1, 0.15) is 12.0 Å². The van der Waals surface area contributed by atoms with E-state index in [1.807, 2.05) is 12.1 Å². The molecule has 1 heterocycles. The molecule has 0 aliphatic heterocycles. The highest BCUT2D eigenvalue weighted by Crippen LogP contribution is 2.14. The third-order valence-corrected chi connectivity index (χ3v) is 5.81. The fraction of sp³-hybridized carbons (Fsp3) is 0.333. The van der Waals surface area contributed by atoms with E-state index < -0.39 is 28.1 Å². The van der Waals surface area contributed by atoms with Gasteiger partial charge in [0.15, 0.2) is 5.69 Å². The fourth-order valence-corrected chi connectivity index (χ4v) is 3.87. The van der Waals surface area contributed by atoms with Crippen molar-refractivity contribution in [3.8, 4) is 5.75 Å². The van der Waals surface area contributed by atoms with Crippen LogP contribution in [-0.4, -0.2) is 54.5 Å². The summed E-state index contributed by atoms with van der Waals surface area (Å²) < 4.78 is 29.8. The van der Waals surface area contributed by atoms with Crippen molar-refractivity contribution in [1.82, 2.24) is 15.6 Å². The summed E-state index contributed by atoms with van der Waals surface area (Å²) in [5, 5.41) is 26.4. The molecule has 188 valence electrons. The van der Waals surface area contributed by atoms with Crippen LogP contribution in [-0.2, 0) is 29.4 Å². The van der Waals surface area contributed by atoms with Crippen LogP contribution in [0, 0.1) is 0 Å². The minimum atomic E-state index is -3.61. The largest absolute Gasteiger partial charge is 0.508 e. The lowest BCUT2D eigenvalue weighted by molar-refractivity contribution is 0.0825. The van der Waals surface area contributed by atoms with Crippen LogP contribution in [0.2, 0.25) is 0 Å². The monoisotopic (exact) mass is 502 g/mol. The molecule has 0 spiro atoms. The van der Waals surface area contributed by atoms with Crippen molar-refractivity contribution in [1.29, 1.82) is 0 Å². The van der Waals surface area contributed by atoms with Crippen LogP contribution in [0.5, 0.6) is 5.75 Å². The van der Waals surface area contributed by atoms with Crippen molar-refractivity contribution in [2.45, 2.75) is 38.5 Å². The lowest BCUT2D eigenvalue weighted by Crippen LogP contribution is -2.48. The molecule has 3 aromatic rings. The standard InChI is InChI=1S/C24H30N4O6S/c1-3-16-5-4-6-18(11-16)13-25-14-22(30)20(12-17-7-9-19(29)10-8-17)26-23(31)21-15-34-24(27-21)28-35(2,32)33/h4-11,15,20,22,25,29-30H,3,12-14H2,1-2H3,(H,26,31)(H,27,28)/t20-,22+/m0/s1. The molecule has 1 aromatic heterocycles. The van der Waals surface area contributed by atoms with Crippen molar-refractivity contribution < 1.29 is 27.8 Å². The topological polar surface area (TPSA) is 154 Å². The minimum Gasteiger partial charge on any atom is -0.508 e. The first-order valence-electron chi connectivity index (χ1n) is 11.1. The van der Waals surface area contributed by atoms with Crippen LogP contribution in [0.3, 0.4) is 0 Å². The van der Waals surface area contributed by atoms with E-state index in [4.69, 9.17) is 4.42 Å². The van der Waals surface area contributed by atoms with Gasteiger partial charge in [0.2, 0.25) is 10.0 Å². The molecule has 0 fully saturated rings. The fourth-order valence-electron chi connectivity index (χ4n) is 3.46. The number of nitrogens with one attached hydrogen (secondary N) is 3. The molecular weight excluding hydrogens is 472 g/mol. The Labute approximate surface area is 204 Å². The van der Waals surface area contributed by atoms with Gasteiger partial charge in [-0.2, -0.15) is 4.98 Å². The van der Waals surface area contributed by atoms with Gasteiger partial charge in [-0.3, -0.25) is 4.79 Å². The van der Waals surface area contributed by atoms with E-state index in [0.29, 0.717) is 6.54 Å². The molecule has 0 saturated heterocycles. The second-order valence-electron chi connectivity index (χ2n) is 8.23. The summed E-state index contributed by atoms with van der Waals surface area (Å²) in [5.41, 5.74) is 2.97.